The number of hydrogen-bond acceptors (Lipinski definition) is 3. The van der Waals surface area contributed by atoms with Crippen LogP contribution in [-0.4, -0.2) is 7.11 Å². The van der Waals surface area contributed by atoms with E-state index in [0.717, 1.165) is 10.8 Å². The van der Waals surface area contributed by atoms with Crippen LogP contribution in [0, 0.1) is 0 Å². The van der Waals surface area contributed by atoms with Crippen molar-refractivity contribution in [2.45, 2.75) is 26.2 Å². The molecule has 108 valence electrons. The first kappa shape index (κ1) is 13.7. The Morgan fingerprint density at radius 2 is 1.67 bits per heavy atom. The first-order valence-electron chi connectivity index (χ1n) is 6.95. The predicted molar refractivity (Wildman–Crippen MR) is 85.2 cm³/mol. The van der Waals surface area contributed by atoms with Gasteiger partial charge in [0, 0.05) is 16.8 Å². The molecule has 21 heavy (non-hydrogen) atoms. The summed E-state index contributed by atoms with van der Waals surface area (Å²) in [7, 11) is 1.60. The van der Waals surface area contributed by atoms with Gasteiger partial charge >= 0.3 is 5.63 Å². The van der Waals surface area contributed by atoms with E-state index in [1.54, 1.807) is 13.2 Å². The van der Waals surface area contributed by atoms with Crippen molar-refractivity contribution in [1.82, 2.24) is 0 Å². The SMILES string of the molecule is COc1ccc2c(c1)oc(=O)c1ccc(C(C)(C)C)cc12. The summed E-state index contributed by atoms with van der Waals surface area (Å²) in [6, 6.07) is 11.5. The Labute approximate surface area is 123 Å². The molecule has 0 saturated carbocycles. The highest BCUT2D eigenvalue weighted by molar-refractivity contribution is 6.04. The van der Waals surface area contributed by atoms with E-state index in [2.05, 4.69) is 26.8 Å². The smallest absolute Gasteiger partial charge is 0.344 e. The molecule has 0 fully saturated rings. The zero-order valence-corrected chi connectivity index (χ0v) is 12.7. The minimum atomic E-state index is -0.314. The van der Waals surface area contributed by atoms with E-state index in [0.29, 0.717) is 16.7 Å². The van der Waals surface area contributed by atoms with Gasteiger partial charge in [-0.1, -0.05) is 26.8 Å². The van der Waals surface area contributed by atoms with Crippen LogP contribution in [0.3, 0.4) is 0 Å². The molecule has 1 heterocycles. The van der Waals surface area contributed by atoms with Crippen LogP contribution in [0.15, 0.2) is 45.6 Å². The van der Waals surface area contributed by atoms with E-state index in [9.17, 15) is 4.79 Å². The van der Waals surface area contributed by atoms with Crippen molar-refractivity contribution >= 4 is 21.7 Å². The third-order valence-electron chi connectivity index (χ3n) is 3.79. The van der Waals surface area contributed by atoms with Crippen molar-refractivity contribution in [2.24, 2.45) is 0 Å². The zero-order chi connectivity index (χ0) is 15.2. The molecule has 3 nitrogen and oxygen atoms in total. The molecule has 2 aromatic carbocycles. The Morgan fingerprint density at radius 1 is 0.952 bits per heavy atom. The number of methoxy groups -OCH3 is 1. The molecule has 0 aliphatic heterocycles. The van der Waals surface area contributed by atoms with Gasteiger partial charge in [-0.15, -0.1) is 0 Å². The van der Waals surface area contributed by atoms with Crippen molar-refractivity contribution in [3.63, 3.8) is 0 Å². The summed E-state index contributed by atoms with van der Waals surface area (Å²) in [4.78, 5) is 12.1. The van der Waals surface area contributed by atoms with Gasteiger partial charge in [0.1, 0.15) is 11.3 Å². The van der Waals surface area contributed by atoms with Gasteiger partial charge in [-0.25, -0.2) is 4.79 Å². The molecule has 3 aromatic rings. The molecule has 0 aliphatic carbocycles. The molecule has 1 aromatic heterocycles. The molecular formula is C18H18O3. The van der Waals surface area contributed by atoms with Crippen molar-refractivity contribution in [2.75, 3.05) is 7.11 Å². The molecule has 3 rings (SSSR count). The van der Waals surface area contributed by atoms with E-state index < -0.39 is 0 Å². The predicted octanol–water partition coefficient (Wildman–Crippen LogP) is 4.25. The van der Waals surface area contributed by atoms with Crippen LogP contribution < -0.4 is 10.4 Å². The van der Waals surface area contributed by atoms with Gasteiger partial charge in [-0.3, -0.25) is 0 Å². The van der Waals surface area contributed by atoms with Crippen LogP contribution in [0.1, 0.15) is 26.3 Å². The first-order valence-corrected chi connectivity index (χ1v) is 6.95. The molecule has 0 bridgehead atoms. The van der Waals surface area contributed by atoms with E-state index in [-0.39, 0.29) is 11.0 Å². The minimum Gasteiger partial charge on any atom is -0.497 e. The van der Waals surface area contributed by atoms with Crippen LogP contribution >= 0.6 is 0 Å². The third kappa shape index (κ3) is 2.29. The van der Waals surface area contributed by atoms with Gasteiger partial charge in [-0.2, -0.15) is 0 Å². The second kappa shape index (κ2) is 4.62. The summed E-state index contributed by atoms with van der Waals surface area (Å²) in [5.74, 6) is 0.678. The Balaban J connectivity index is 2.43. The molecule has 0 amide bonds. The monoisotopic (exact) mass is 282 g/mol. The second-order valence-electron chi connectivity index (χ2n) is 6.26. The van der Waals surface area contributed by atoms with Crippen LogP contribution in [0.5, 0.6) is 5.75 Å². The van der Waals surface area contributed by atoms with E-state index in [4.69, 9.17) is 9.15 Å². The summed E-state index contributed by atoms with van der Waals surface area (Å²) in [6.07, 6.45) is 0. The highest BCUT2D eigenvalue weighted by Crippen LogP contribution is 2.30. The molecule has 0 spiro atoms. The second-order valence-corrected chi connectivity index (χ2v) is 6.26. The number of rotatable bonds is 1. The highest BCUT2D eigenvalue weighted by Gasteiger charge is 2.16. The van der Waals surface area contributed by atoms with Crippen molar-refractivity contribution < 1.29 is 9.15 Å². The maximum atomic E-state index is 12.1. The molecule has 0 N–H and O–H groups in total. The fourth-order valence-corrected chi connectivity index (χ4v) is 2.50. The molecule has 0 atom stereocenters. The van der Waals surface area contributed by atoms with Crippen molar-refractivity contribution in [3.8, 4) is 5.75 Å². The van der Waals surface area contributed by atoms with Crippen LogP contribution in [0.4, 0.5) is 0 Å². The quantitative estimate of drug-likeness (QED) is 0.494. The van der Waals surface area contributed by atoms with Crippen LogP contribution in [0.2, 0.25) is 0 Å². The summed E-state index contributed by atoms with van der Waals surface area (Å²) in [5.41, 5.74) is 1.46. The van der Waals surface area contributed by atoms with Gasteiger partial charge < -0.3 is 9.15 Å². The standard InChI is InChI=1S/C18H18O3/c1-18(2,3)11-5-7-14-15(9-11)13-8-6-12(20-4)10-16(13)21-17(14)19/h5-10H,1-4H3. The molecule has 0 aliphatic rings. The van der Waals surface area contributed by atoms with Crippen molar-refractivity contribution in [3.05, 3.63) is 52.4 Å². The maximum Gasteiger partial charge on any atom is 0.344 e. The average Bonchev–Trinajstić information content (AvgIpc) is 2.45. The number of ether oxygens (including phenoxy) is 1. The lowest BCUT2D eigenvalue weighted by Gasteiger charge is -2.19. The average molecular weight is 282 g/mol. The topological polar surface area (TPSA) is 39.4 Å². The van der Waals surface area contributed by atoms with Gasteiger partial charge in [-0.05, 0) is 35.2 Å². The van der Waals surface area contributed by atoms with Gasteiger partial charge in [0.25, 0.3) is 0 Å². The molecular weight excluding hydrogens is 264 g/mol. The lowest BCUT2D eigenvalue weighted by Crippen LogP contribution is -2.11. The summed E-state index contributed by atoms with van der Waals surface area (Å²) < 4.78 is 10.6. The Bertz CT molecular complexity index is 882. The van der Waals surface area contributed by atoms with Gasteiger partial charge in [0.15, 0.2) is 0 Å². The fourth-order valence-electron chi connectivity index (χ4n) is 2.50. The first-order chi connectivity index (χ1) is 9.90. The summed E-state index contributed by atoms with van der Waals surface area (Å²) in [6.45, 7) is 6.47. The van der Waals surface area contributed by atoms with Crippen LogP contribution in [-0.2, 0) is 5.41 Å². The Hall–Kier alpha value is -2.29. The molecule has 3 heteroatoms. The minimum absolute atomic E-state index is 0.0308. The van der Waals surface area contributed by atoms with Crippen LogP contribution in [0.25, 0.3) is 21.7 Å². The largest absolute Gasteiger partial charge is 0.497 e. The molecule has 0 radical (unpaired) electrons. The Morgan fingerprint density at radius 3 is 2.33 bits per heavy atom. The maximum absolute atomic E-state index is 12.1. The van der Waals surface area contributed by atoms with Gasteiger partial charge in [0.2, 0.25) is 0 Å². The van der Waals surface area contributed by atoms with Gasteiger partial charge in [0.05, 0.1) is 12.5 Å². The summed E-state index contributed by atoms with van der Waals surface area (Å²) in [5, 5.41) is 2.47. The Kier molecular flexibility index (Phi) is 3.01. The zero-order valence-electron chi connectivity index (χ0n) is 12.7. The third-order valence-corrected chi connectivity index (χ3v) is 3.79. The van der Waals surface area contributed by atoms with E-state index in [1.165, 1.54) is 5.56 Å². The van der Waals surface area contributed by atoms with E-state index in [1.807, 2.05) is 24.3 Å². The number of benzene rings is 2. The normalized spacial score (nSPS) is 12.0. The summed E-state index contributed by atoms with van der Waals surface area (Å²) >= 11 is 0. The lowest BCUT2D eigenvalue weighted by molar-refractivity contribution is 0.414. The fraction of sp³-hybridized carbons (Fsp3) is 0.278. The number of hydrogen-bond donors (Lipinski definition) is 0. The van der Waals surface area contributed by atoms with E-state index >= 15 is 0 Å². The van der Waals surface area contributed by atoms with Crippen molar-refractivity contribution in [1.29, 1.82) is 0 Å². The lowest BCUT2D eigenvalue weighted by atomic mass is 9.86. The molecule has 0 unspecified atom stereocenters. The highest BCUT2D eigenvalue weighted by atomic mass is 16.5. The number of fused-ring (bicyclic) bond motifs is 3. The molecule has 0 saturated heterocycles.